The van der Waals surface area contributed by atoms with Crippen molar-refractivity contribution < 1.29 is 14.0 Å². The summed E-state index contributed by atoms with van der Waals surface area (Å²) in [6, 6.07) is 1.42. The third-order valence-corrected chi connectivity index (χ3v) is 0.945. The van der Waals surface area contributed by atoms with Crippen molar-refractivity contribution in [2.24, 2.45) is 0 Å². The van der Waals surface area contributed by atoms with Crippen LogP contribution in [0.15, 0.2) is 16.9 Å². The van der Waals surface area contributed by atoms with Gasteiger partial charge in [-0.2, -0.15) is 0 Å². The molecule has 1 N–H and O–H groups in total. The highest BCUT2D eigenvalue weighted by molar-refractivity contribution is 4.99. The Labute approximate surface area is 51.1 Å². The van der Waals surface area contributed by atoms with Crippen LogP contribution in [0.3, 0.4) is 0 Å². The van der Waals surface area contributed by atoms with Gasteiger partial charge in [-0.25, -0.2) is 4.39 Å². The predicted molar refractivity (Wildman–Crippen MR) is 27.4 cm³/mol. The average Bonchev–Trinajstić information content (AvgIpc) is 2.37. The molecule has 3 nitrogen and oxygen atoms in total. The molecule has 1 unspecified atom stereocenters. The lowest BCUT2D eigenvalue weighted by molar-refractivity contribution is 0.133. The fraction of sp³-hybridized carbons (Fsp3) is 0.400. The van der Waals surface area contributed by atoms with Gasteiger partial charge < -0.3 is 9.63 Å². The normalized spacial score (nSPS) is 13.6. The molecule has 0 aliphatic carbocycles. The summed E-state index contributed by atoms with van der Waals surface area (Å²) in [6.45, 7) is -0.827. The van der Waals surface area contributed by atoms with E-state index >= 15 is 0 Å². The molecular formula is C5H6FNO2. The smallest absolute Gasteiger partial charge is 0.128 e. The van der Waals surface area contributed by atoms with Crippen LogP contribution in [0.2, 0.25) is 0 Å². The molecule has 1 aromatic heterocycles. The first-order chi connectivity index (χ1) is 4.34. The van der Waals surface area contributed by atoms with Gasteiger partial charge in [0.2, 0.25) is 0 Å². The maximum Gasteiger partial charge on any atom is 0.128 e. The number of hydrogen-bond donors (Lipinski definition) is 1. The zero-order valence-electron chi connectivity index (χ0n) is 4.62. The zero-order valence-corrected chi connectivity index (χ0v) is 4.62. The summed E-state index contributed by atoms with van der Waals surface area (Å²) in [5, 5.41) is 12.0. The molecular weight excluding hydrogens is 125 g/mol. The fourth-order valence-corrected chi connectivity index (χ4v) is 0.473. The summed E-state index contributed by atoms with van der Waals surface area (Å²) in [4.78, 5) is 0. The molecule has 0 fully saturated rings. The van der Waals surface area contributed by atoms with Crippen LogP contribution >= 0.6 is 0 Å². The predicted octanol–water partition coefficient (Wildman–Crippen LogP) is 0.678. The van der Waals surface area contributed by atoms with Crippen molar-refractivity contribution in [2.75, 3.05) is 6.67 Å². The van der Waals surface area contributed by atoms with E-state index in [1.807, 2.05) is 0 Å². The second-order valence-electron chi connectivity index (χ2n) is 1.59. The van der Waals surface area contributed by atoms with Crippen LogP contribution in [0.4, 0.5) is 4.39 Å². The Bertz CT molecular complexity index is 163. The number of halogens is 1. The maximum absolute atomic E-state index is 11.6. The van der Waals surface area contributed by atoms with E-state index in [0.29, 0.717) is 0 Å². The number of hydrogen-bond acceptors (Lipinski definition) is 3. The number of rotatable bonds is 2. The topological polar surface area (TPSA) is 46.3 Å². The summed E-state index contributed by atoms with van der Waals surface area (Å²) in [5.41, 5.74) is 0.234. The standard InChI is InChI=1S/C5H6FNO2/c6-3-5(8)4-1-2-9-7-4/h1-2,5,8H,3H2. The quantitative estimate of drug-likeness (QED) is 0.641. The van der Waals surface area contributed by atoms with E-state index < -0.39 is 12.8 Å². The number of nitrogens with zero attached hydrogens (tertiary/aromatic N) is 1. The first-order valence-electron chi connectivity index (χ1n) is 2.49. The van der Waals surface area contributed by atoms with Gasteiger partial charge >= 0.3 is 0 Å². The third kappa shape index (κ3) is 1.26. The molecule has 1 atom stereocenters. The van der Waals surface area contributed by atoms with Gasteiger partial charge in [0, 0.05) is 6.07 Å². The summed E-state index contributed by atoms with van der Waals surface area (Å²) in [7, 11) is 0. The third-order valence-electron chi connectivity index (χ3n) is 0.945. The minimum absolute atomic E-state index is 0.234. The zero-order chi connectivity index (χ0) is 6.69. The number of aromatic nitrogens is 1. The van der Waals surface area contributed by atoms with Gasteiger partial charge in [-0.1, -0.05) is 5.16 Å². The van der Waals surface area contributed by atoms with Crippen LogP contribution in [0, 0.1) is 0 Å². The van der Waals surface area contributed by atoms with Crippen molar-refractivity contribution in [3.8, 4) is 0 Å². The Balaban J connectivity index is 2.65. The van der Waals surface area contributed by atoms with Crippen LogP contribution < -0.4 is 0 Å². The molecule has 1 aromatic rings. The molecule has 1 heterocycles. The van der Waals surface area contributed by atoms with E-state index in [0.717, 1.165) is 0 Å². The molecule has 0 bridgehead atoms. The van der Waals surface area contributed by atoms with Crippen molar-refractivity contribution >= 4 is 0 Å². The van der Waals surface area contributed by atoms with Gasteiger partial charge in [-0.15, -0.1) is 0 Å². The Morgan fingerprint density at radius 1 is 1.89 bits per heavy atom. The van der Waals surface area contributed by atoms with E-state index in [1.54, 1.807) is 0 Å². The molecule has 0 radical (unpaired) electrons. The fourth-order valence-electron chi connectivity index (χ4n) is 0.473. The van der Waals surface area contributed by atoms with Crippen molar-refractivity contribution in [2.45, 2.75) is 6.10 Å². The lowest BCUT2D eigenvalue weighted by Gasteiger charge is -1.96. The molecule has 0 aliphatic heterocycles. The van der Waals surface area contributed by atoms with E-state index in [2.05, 4.69) is 9.68 Å². The van der Waals surface area contributed by atoms with Gasteiger partial charge in [0.05, 0.1) is 0 Å². The van der Waals surface area contributed by atoms with Crippen LogP contribution in [-0.2, 0) is 0 Å². The van der Waals surface area contributed by atoms with Crippen LogP contribution in [-0.4, -0.2) is 16.9 Å². The number of alkyl halides is 1. The van der Waals surface area contributed by atoms with Crippen molar-refractivity contribution in [1.82, 2.24) is 5.16 Å². The molecule has 9 heavy (non-hydrogen) atoms. The van der Waals surface area contributed by atoms with Crippen LogP contribution in [0.1, 0.15) is 11.8 Å². The largest absolute Gasteiger partial charge is 0.384 e. The summed E-state index contributed by atoms with van der Waals surface area (Å²) in [5.74, 6) is 0. The summed E-state index contributed by atoms with van der Waals surface area (Å²) in [6.07, 6.45) is 0.151. The highest BCUT2D eigenvalue weighted by atomic mass is 19.1. The molecule has 0 aliphatic rings. The Hall–Kier alpha value is -0.900. The minimum atomic E-state index is -1.14. The summed E-state index contributed by atoms with van der Waals surface area (Å²) < 4.78 is 16.0. The Morgan fingerprint density at radius 2 is 2.67 bits per heavy atom. The monoisotopic (exact) mass is 131 g/mol. The molecule has 0 aromatic carbocycles. The van der Waals surface area contributed by atoms with Crippen LogP contribution in [0.25, 0.3) is 0 Å². The van der Waals surface area contributed by atoms with E-state index in [4.69, 9.17) is 5.11 Å². The maximum atomic E-state index is 11.6. The molecule has 50 valence electrons. The van der Waals surface area contributed by atoms with Gasteiger partial charge in [0.1, 0.15) is 24.7 Å². The number of aliphatic hydroxyl groups is 1. The molecule has 0 spiro atoms. The first kappa shape index (κ1) is 6.22. The Kier molecular flexibility index (Phi) is 1.79. The minimum Gasteiger partial charge on any atom is -0.384 e. The highest BCUT2D eigenvalue weighted by Crippen LogP contribution is 2.08. The van der Waals surface area contributed by atoms with Gasteiger partial charge in [-0.05, 0) is 0 Å². The first-order valence-corrected chi connectivity index (χ1v) is 2.49. The average molecular weight is 131 g/mol. The molecule has 0 saturated heterocycles. The highest BCUT2D eigenvalue weighted by Gasteiger charge is 2.08. The van der Waals surface area contributed by atoms with E-state index in [-0.39, 0.29) is 5.69 Å². The molecule has 4 heteroatoms. The van der Waals surface area contributed by atoms with Crippen LogP contribution in [0.5, 0.6) is 0 Å². The molecule has 1 rings (SSSR count). The molecule has 0 saturated carbocycles. The lowest BCUT2D eigenvalue weighted by Crippen LogP contribution is -1.98. The van der Waals surface area contributed by atoms with Gasteiger partial charge in [-0.3, -0.25) is 0 Å². The SMILES string of the molecule is OC(CF)c1ccon1. The van der Waals surface area contributed by atoms with Crippen molar-refractivity contribution in [1.29, 1.82) is 0 Å². The van der Waals surface area contributed by atoms with Crippen molar-refractivity contribution in [3.05, 3.63) is 18.0 Å². The van der Waals surface area contributed by atoms with Gasteiger partial charge in [0.25, 0.3) is 0 Å². The number of aliphatic hydroxyl groups excluding tert-OH is 1. The summed E-state index contributed by atoms with van der Waals surface area (Å²) >= 11 is 0. The lowest BCUT2D eigenvalue weighted by atomic mass is 10.3. The van der Waals surface area contributed by atoms with E-state index in [1.165, 1.54) is 12.3 Å². The second-order valence-corrected chi connectivity index (χ2v) is 1.59. The van der Waals surface area contributed by atoms with Crippen molar-refractivity contribution in [3.63, 3.8) is 0 Å². The van der Waals surface area contributed by atoms with Gasteiger partial charge in [0.15, 0.2) is 0 Å². The molecule has 0 amide bonds. The second kappa shape index (κ2) is 2.59. The Morgan fingerprint density at radius 3 is 3.11 bits per heavy atom. The van der Waals surface area contributed by atoms with E-state index in [9.17, 15) is 4.39 Å².